The van der Waals surface area contributed by atoms with Gasteiger partial charge in [0.1, 0.15) is 11.5 Å². The minimum atomic E-state index is -0.567. The summed E-state index contributed by atoms with van der Waals surface area (Å²) < 4.78 is 5.90. The molecule has 6 heteroatoms. The van der Waals surface area contributed by atoms with Crippen LogP contribution in [0, 0.1) is 5.92 Å². The molecule has 0 fully saturated rings. The van der Waals surface area contributed by atoms with E-state index in [-0.39, 0.29) is 24.1 Å². The first-order valence-electron chi connectivity index (χ1n) is 10.9. The van der Waals surface area contributed by atoms with Gasteiger partial charge in [-0.25, -0.2) is 0 Å². The summed E-state index contributed by atoms with van der Waals surface area (Å²) in [7, 11) is 0. The molecule has 0 saturated carbocycles. The average Bonchev–Trinajstić information content (AvgIpc) is 2.75. The maximum Gasteiger partial charge on any atom is 0.163 e. The topological polar surface area (TPSA) is 87.0 Å². The van der Waals surface area contributed by atoms with Crippen LogP contribution in [0.4, 0.5) is 0 Å². The molecule has 0 amide bonds. The van der Waals surface area contributed by atoms with E-state index >= 15 is 0 Å². The fourth-order valence-corrected chi connectivity index (χ4v) is 4.24. The number of thioether (sulfide) groups is 1. The van der Waals surface area contributed by atoms with Crippen molar-refractivity contribution in [1.82, 2.24) is 0 Å². The third-order valence-electron chi connectivity index (χ3n) is 5.28. The Kier molecular flexibility index (Phi) is 10.4. The van der Waals surface area contributed by atoms with E-state index < -0.39 is 6.10 Å². The molecule has 0 bridgehead atoms. The van der Waals surface area contributed by atoms with Crippen LogP contribution in [0.1, 0.15) is 67.6 Å². The third kappa shape index (κ3) is 7.27. The van der Waals surface area contributed by atoms with Gasteiger partial charge in [0.15, 0.2) is 5.78 Å². The van der Waals surface area contributed by atoms with Crippen LogP contribution in [-0.4, -0.2) is 40.1 Å². The lowest BCUT2D eigenvalue weighted by Gasteiger charge is -2.18. The predicted molar refractivity (Wildman–Crippen MR) is 125 cm³/mol. The average molecular weight is 447 g/mol. The number of hydrogen-bond donors (Lipinski definition) is 3. The second-order valence-corrected chi connectivity index (χ2v) is 8.97. The van der Waals surface area contributed by atoms with Crippen LogP contribution < -0.4 is 4.74 Å². The number of phenolic OH excluding ortho intramolecular Hbond substituents is 1. The van der Waals surface area contributed by atoms with Crippen molar-refractivity contribution in [1.29, 1.82) is 0 Å². The number of carbonyl (C=O) groups is 1. The first kappa shape index (κ1) is 25.2. The molecular weight excluding hydrogens is 412 g/mol. The minimum absolute atomic E-state index is 0.0159. The molecule has 0 heterocycles. The van der Waals surface area contributed by atoms with Crippen molar-refractivity contribution in [3.8, 4) is 11.5 Å². The Morgan fingerprint density at radius 2 is 1.87 bits per heavy atom. The van der Waals surface area contributed by atoms with E-state index in [4.69, 9.17) is 9.84 Å². The monoisotopic (exact) mass is 446 g/mol. The largest absolute Gasteiger partial charge is 0.507 e. The number of benzene rings is 2. The van der Waals surface area contributed by atoms with Gasteiger partial charge >= 0.3 is 0 Å². The van der Waals surface area contributed by atoms with Gasteiger partial charge in [-0.1, -0.05) is 32.4 Å². The summed E-state index contributed by atoms with van der Waals surface area (Å²) in [6.07, 6.45) is 2.36. The molecular formula is C25H34O5S. The fraction of sp³-hybridized carbons (Fsp3) is 0.480. The number of rotatable bonds is 13. The van der Waals surface area contributed by atoms with Crippen molar-refractivity contribution in [2.24, 2.45) is 5.92 Å². The lowest BCUT2D eigenvalue weighted by Crippen LogP contribution is -2.10. The summed E-state index contributed by atoms with van der Waals surface area (Å²) in [4.78, 5) is 12.8. The smallest absolute Gasteiger partial charge is 0.163 e. The summed E-state index contributed by atoms with van der Waals surface area (Å²) >= 11 is 1.72. The summed E-state index contributed by atoms with van der Waals surface area (Å²) in [5.74, 6) is 1.42. The highest BCUT2D eigenvalue weighted by Crippen LogP contribution is 2.33. The van der Waals surface area contributed by atoms with Crippen LogP contribution in [0.15, 0.2) is 41.3 Å². The van der Waals surface area contributed by atoms with Gasteiger partial charge in [0.25, 0.3) is 0 Å². The van der Waals surface area contributed by atoms with Crippen molar-refractivity contribution in [3.63, 3.8) is 0 Å². The summed E-state index contributed by atoms with van der Waals surface area (Å²) in [6.45, 7) is 6.01. The van der Waals surface area contributed by atoms with Gasteiger partial charge in [0.05, 0.1) is 18.3 Å². The predicted octanol–water partition coefficient (Wildman–Crippen LogP) is 5.16. The zero-order chi connectivity index (χ0) is 22.8. The van der Waals surface area contributed by atoms with Crippen molar-refractivity contribution in [2.45, 2.75) is 57.5 Å². The van der Waals surface area contributed by atoms with Crippen molar-refractivity contribution < 1.29 is 24.9 Å². The fourth-order valence-electron chi connectivity index (χ4n) is 3.41. The van der Waals surface area contributed by atoms with E-state index in [2.05, 4.69) is 0 Å². The standard InChI is InChI=1S/C25H34O5S/c1-4-6-22-23(12-11-21(18(3)27)25(22)29)30-15-5-16-31-20-9-7-19(8-10-20)24(28)17(2)13-14-26/h7-12,17,24,26,28-29H,4-6,13-16H2,1-3H3. The number of aromatic hydroxyl groups is 1. The Bertz CT molecular complexity index is 835. The molecule has 2 rings (SSSR count). The van der Waals surface area contributed by atoms with Crippen molar-refractivity contribution in [2.75, 3.05) is 19.0 Å². The highest BCUT2D eigenvalue weighted by Gasteiger charge is 2.17. The highest BCUT2D eigenvalue weighted by molar-refractivity contribution is 7.99. The van der Waals surface area contributed by atoms with Crippen LogP contribution >= 0.6 is 11.8 Å². The van der Waals surface area contributed by atoms with E-state index in [0.29, 0.717) is 36.3 Å². The van der Waals surface area contributed by atoms with Gasteiger partial charge < -0.3 is 20.1 Å². The third-order valence-corrected chi connectivity index (χ3v) is 6.38. The molecule has 5 nitrogen and oxygen atoms in total. The number of phenols is 1. The lowest BCUT2D eigenvalue weighted by atomic mass is 9.95. The first-order valence-corrected chi connectivity index (χ1v) is 11.9. The van der Waals surface area contributed by atoms with Gasteiger partial charge in [-0.05, 0) is 61.9 Å². The molecule has 0 aliphatic heterocycles. The second-order valence-electron chi connectivity index (χ2n) is 7.80. The van der Waals surface area contributed by atoms with E-state index in [1.807, 2.05) is 38.1 Å². The molecule has 0 aliphatic carbocycles. The van der Waals surface area contributed by atoms with Crippen LogP contribution in [0.3, 0.4) is 0 Å². The Hall–Kier alpha value is -2.02. The number of aliphatic hydroxyl groups is 2. The van der Waals surface area contributed by atoms with Gasteiger partial charge in [0, 0.05) is 22.8 Å². The molecule has 0 spiro atoms. The second kappa shape index (κ2) is 12.7. The Balaban J connectivity index is 1.84. The van der Waals surface area contributed by atoms with Crippen LogP contribution in [0.5, 0.6) is 11.5 Å². The maximum atomic E-state index is 11.7. The lowest BCUT2D eigenvalue weighted by molar-refractivity contribution is 0.0990. The zero-order valence-electron chi connectivity index (χ0n) is 18.6. The van der Waals surface area contributed by atoms with Gasteiger partial charge in [0.2, 0.25) is 0 Å². The minimum Gasteiger partial charge on any atom is -0.507 e. The molecule has 2 atom stereocenters. The molecule has 3 N–H and O–H groups in total. The van der Waals surface area contributed by atoms with Crippen molar-refractivity contribution in [3.05, 3.63) is 53.1 Å². The number of carbonyl (C=O) groups excluding carboxylic acids is 1. The quantitative estimate of drug-likeness (QED) is 0.224. The van der Waals surface area contributed by atoms with E-state index in [1.54, 1.807) is 23.9 Å². The molecule has 0 aromatic heterocycles. The molecule has 2 unspecified atom stereocenters. The first-order chi connectivity index (χ1) is 14.9. The van der Waals surface area contributed by atoms with Crippen LogP contribution in [-0.2, 0) is 6.42 Å². The molecule has 0 aliphatic rings. The number of ether oxygens (including phenoxy) is 1. The summed E-state index contributed by atoms with van der Waals surface area (Å²) in [6, 6.07) is 11.3. The van der Waals surface area contributed by atoms with Crippen LogP contribution in [0.2, 0.25) is 0 Å². The van der Waals surface area contributed by atoms with Crippen LogP contribution in [0.25, 0.3) is 0 Å². The normalized spacial score (nSPS) is 13.1. The number of aliphatic hydroxyl groups excluding tert-OH is 2. The highest BCUT2D eigenvalue weighted by atomic mass is 32.2. The van der Waals surface area contributed by atoms with Gasteiger partial charge in [-0.15, -0.1) is 11.8 Å². The molecule has 2 aromatic carbocycles. The van der Waals surface area contributed by atoms with E-state index in [1.165, 1.54) is 6.92 Å². The van der Waals surface area contributed by atoms with Gasteiger partial charge in [-0.2, -0.15) is 0 Å². The Morgan fingerprint density at radius 1 is 1.16 bits per heavy atom. The Labute approximate surface area is 189 Å². The molecule has 2 aromatic rings. The SMILES string of the molecule is CCCc1c(OCCCSc2ccc(C(O)C(C)CCO)cc2)ccc(C(C)=O)c1O. The molecule has 0 radical (unpaired) electrons. The summed E-state index contributed by atoms with van der Waals surface area (Å²) in [5, 5.41) is 29.8. The number of hydrogen-bond acceptors (Lipinski definition) is 6. The number of ketones is 1. The zero-order valence-corrected chi connectivity index (χ0v) is 19.5. The molecule has 31 heavy (non-hydrogen) atoms. The van der Waals surface area contributed by atoms with Crippen molar-refractivity contribution >= 4 is 17.5 Å². The van der Waals surface area contributed by atoms with E-state index in [9.17, 15) is 15.0 Å². The molecule has 0 saturated heterocycles. The van der Waals surface area contributed by atoms with E-state index in [0.717, 1.165) is 29.1 Å². The van der Waals surface area contributed by atoms with Gasteiger partial charge in [-0.3, -0.25) is 4.79 Å². The number of Topliss-reactive ketones (excluding diaryl/α,β-unsaturated/α-hetero) is 1. The molecule has 170 valence electrons. The Morgan fingerprint density at radius 3 is 2.48 bits per heavy atom. The maximum absolute atomic E-state index is 11.7. The summed E-state index contributed by atoms with van der Waals surface area (Å²) in [5.41, 5.74) is 1.91.